The summed E-state index contributed by atoms with van der Waals surface area (Å²) in [4.78, 5) is 11.5. The number of nitrogens with zero attached hydrogens (tertiary/aromatic N) is 3. The second-order valence-corrected chi connectivity index (χ2v) is 3.42. The molecule has 0 unspecified atom stereocenters. The molecule has 4 heteroatoms. The van der Waals surface area contributed by atoms with Crippen LogP contribution in [0.1, 0.15) is 31.9 Å². The molecule has 0 amide bonds. The molecule has 1 aromatic rings. The van der Waals surface area contributed by atoms with Gasteiger partial charge in [0, 0.05) is 18.5 Å². The van der Waals surface area contributed by atoms with E-state index in [4.69, 9.17) is 0 Å². The largest absolute Gasteiger partial charge is 0.294 e. The second-order valence-electron chi connectivity index (χ2n) is 3.42. The molecule has 1 aliphatic rings. The number of Topliss-reactive ketones (excluding diaryl/α,β-unsaturated/α-hetero) is 1. The molecule has 1 heterocycles. The Morgan fingerprint density at radius 2 is 2.43 bits per heavy atom. The minimum absolute atomic E-state index is 0.213. The summed E-state index contributed by atoms with van der Waals surface area (Å²) in [5, 5.41) is 7.80. The van der Waals surface area contributed by atoms with Gasteiger partial charge in [0.15, 0.2) is 5.78 Å². The molecule has 0 spiro atoms. The molecule has 4 nitrogen and oxygen atoms in total. The molecular weight excluding hydrogens is 178 g/mol. The quantitative estimate of drug-likeness (QED) is 0.726. The average molecular weight is 191 g/mol. The van der Waals surface area contributed by atoms with Crippen LogP contribution in [0.3, 0.4) is 0 Å². The summed E-state index contributed by atoms with van der Waals surface area (Å²) in [6.07, 6.45) is 6.13. The zero-order valence-corrected chi connectivity index (χ0v) is 8.23. The van der Waals surface area contributed by atoms with Crippen molar-refractivity contribution in [1.29, 1.82) is 0 Å². The van der Waals surface area contributed by atoms with E-state index in [9.17, 15) is 4.79 Å². The van der Waals surface area contributed by atoms with E-state index in [2.05, 4.69) is 17.2 Å². The molecule has 2 rings (SSSR count). The molecule has 0 radical (unpaired) electrons. The van der Waals surface area contributed by atoms with Crippen molar-refractivity contribution in [3.8, 4) is 0 Å². The second kappa shape index (κ2) is 3.74. The van der Waals surface area contributed by atoms with Gasteiger partial charge in [0.05, 0.1) is 11.9 Å². The van der Waals surface area contributed by atoms with Crippen LogP contribution in [0.15, 0.2) is 12.3 Å². The van der Waals surface area contributed by atoms with Gasteiger partial charge in [0.1, 0.15) is 0 Å². The Labute approximate surface area is 82.6 Å². The van der Waals surface area contributed by atoms with E-state index in [1.54, 1.807) is 10.9 Å². The predicted molar refractivity (Wildman–Crippen MR) is 52.5 cm³/mol. The molecule has 0 saturated carbocycles. The van der Waals surface area contributed by atoms with Gasteiger partial charge in [0.2, 0.25) is 0 Å². The van der Waals surface area contributed by atoms with Crippen molar-refractivity contribution in [3.05, 3.63) is 18.0 Å². The highest BCUT2D eigenvalue weighted by Gasteiger charge is 2.20. The van der Waals surface area contributed by atoms with E-state index in [1.807, 2.05) is 6.08 Å². The first kappa shape index (κ1) is 9.12. The summed E-state index contributed by atoms with van der Waals surface area (Å²) in [5.41, 5.74) is 1.66. The van der Waals surface area contributed by atoms with Crippen LogP contribution in [0.5, 0.6) is 0 Å². The fraction of sp³-hybridized carbons (Fsp3) is 0.500. The van der Waals surface area contributed by atoms with E-state index in [1.165, 1.54) is 0 Å². The first-order chi connectivity index (χ1) is 6.83. The van der Waals surface area contributed by atoms with Gasteiger partial charge in [-0.15, -0.1) is 5.10 Å². The highest BCUT2D eigenvalue weighted by atomic mass is 16.1. The molecule has 0 saturated heterocycles. The maximum Gasteiger partial charge on any atom is 0.165 e. The topological polar surface area (TPSA) is 47.8 Å². The number of allylic oxidation sites excluding steroid dienone is 2. The Kier molecular flexibility index (Phi) is 2.43. The molecule has 0 aliphatic heterocycles. The number of carbonyl (C=O) groups excluding carboxylic acids is 1. The number of ketones is 1. The number of rotatable bonds is 3. The highest BCUT2D eigenvalue weighted by molar-refractivity contribution is 6.22. The monoisotopic (exact) mass is 191 g/mol. The van der Waals surface area contributed by atoms with Crippen molar-refractivity contribution in [1.82, 2.24) is 15.0 Å². The minimum atomic E-state index is 0.213. The number of hydrogen-bond acceptors (Lipinski definition) is 3. The lowest BCUT2D eigenvalue weighted by Crippen LogP contribution is -2.06. The van der Waals surface area contributed by atoms with Gasteiger partial charge in [-0.25, -0.2) is 4.68 Å². The lowest BCUT2D eigenvalue weighted by atomic mass is 10.1. The van der Waals surface area contributed by atoms with Crippen molar-refractivity contribution in [2.24, 2.45) is 0 Å². The number of aromatic nitrogens is 3. The van der Waals surface area contributed by atoms with Gasteiger partial charge in [-0.05, 0) is 12.8 Å². The standard InChI is InChI=1S/C10H13N3O/c1-2-6-13-9(7-11-12-13)8-4-3-5-10(8)14/h4,7H,2-3,5-6H2,1H3. The Morgan fingerprint density at radius 3 is 3.07 bits per heavy atom. The zero-order chi connectivity index (χ0) is 9.97. The Bertz CT molecular complexity index is 378. The molecule has 0 fully saturated rings. The van der Waals surface area contributed by atoms with E-state index >= 15 is 0 Å². The molecule has 0 bridgehead atoms. The molecule has 1 aromatic heterocycles. The smallest absolute Gasteiger partial charge is 0.165 e. The van der Waals surface area contributed by atoms with Gasteiger partial charge < -0.3 is 0 Å². The predicted octanol–water partition coefficient (Wildman–Crippen LogP) is 1.43. The molecule has 0 atom stereocenters. The van der Waals surface area contributed by atoms with Crippen LogP contribution in [-0.2, 0) is 11.3 Å². The molecular formula is C10H13N3O. The van der Waals surface area contributed by atoms with Gasteiger partial charge in [-0.3, -0.25) is 4.79 Å². The SMILES string of the molecule is CCCn1nncc1C1=CCCC1=O. The van der Waals surface area contributed by atoms with Crippen LogP contribution in [0, 0.1) is 0 Å². The van der Waals surface area contributed by atoms with Crippen molar-refractivity contribution in [2.45, 2.75) is 32.7 Å². The Morgan fingerprint density at radius 1 is 1.57 bits per heavy atom. The summed E-state index contributed by atoms with van der Waals surface area (Å²) in [6.45, 7) is 2.90. The lowest BCUT2D eigenvalue weighted by Gasteiger charge is -2.03. The van der Waals surface area contributed by atoms with E-state index in [0.29, 0.717) is 6.42 Å². The van der Waals surface area contributed by atoms with Crippen LogP contribution >= 0.6 is 0 Å². The summed E-state index contributed by atoms with van der Waals surface area (Å²) in [7, 11) is 0. The van der Waals surface area contributed by atoms with E-state index in [0.717, 1.165) is 30.7 Å². The molecule has 1 aliphatic carbocycles. The highest BCUT2D eigenvalue weighted by Crippen LogP contribution is 2.23. The van der Waals surface area contributed by atoms with Crippen LogP contribution in [0.2, 0.25) is 0 Å². The first-order valence-electron chi connectivity index (χ1n) is 4.95. The van der Waals surface area contributed by atoms with Crippen molar-refractivity contribution < 1.29 is 4.79 Å². The van der Waals surface area contributed by atoms with E-state index < -0.39 is 0 Å². The summed E-state index contributed by atoms with van der Waals surface area (Å²) < 4.78 is 1.80. The number of aryl methyl sites for hydroxylation is 1. The summed E-state index contributed by atoms with van der Waals surface area (Å²) in [5.74, 6) is 0.213. The molecule has 0 N–H and O–H groups in total. The van der Waals surface area contributed by atoms with E-state index in [-0.39, 0.29) is 5.78 Å². The lowest BCUT2D eigenvalue weighted by molar-refractivity contribution is -0.113. The third-order valence-corrected chi connectivity index (χ3v) is 2.35. The number of hydrogen-bond donors (Lipinski definition) is 0. The van der Waals surface area contributed by atoms with Gasteiger partial charge in [-0.2, -0.15) is 0 Å². The number of carbonyl (C=O) groups is 1. The minimum Gasteiger partial charge on any atom is -0.294 e. The molecule has 74 valence electrons. The van der Waals surface area contributed by atoms with Gasteiger partial charge in [-0.1, -0.05) is 18.2 Å². The van der Waals surface area contributed by atoms with Crippen LogP contribution in [-0.4, -0.2) is 20.8 Å². The Balaban J connectivity index is 2.31. The Hall–Kier alpha value is -1.45. The summed E-state index contributed by atoms with van der Waals surface area (Å²) >= 11 is 0. The normalized spacial score (nSPS) is 16.1. The fourth-order valence-corrected chi connectivity index (χ4v) is 1.69. The fourth-order valence-electron chi connectivity index (χ4n) is 1.69. The molecule has 14 heavy (non-hydrogen) atoms. The van der Waals surface area contributed by atoms with Crippen molar-refractivity contribution in [2.75, 3.05) is 0 Å². The first-order valence-corrected chi connectivity index (χ1v) is 4.95. The summed E-state index contributed by atoms with van der Waals surface area (Å²) in [6, 6.07) is 0. The van der Waals surface area contributed by atoms with Gasteiger partial charge in [0.25, 0.3) is 0 Å². The third-order valence-electron chi connectivity index (χ3n) is 2.35. The van der Waals surface area contributed by atoms with Crippen molar-refractivity contribution in [3.63, 3.8) is 0 Å². The average Bonchev–Trinajstić information content (AvgIpc) is 2.74. The maximum absolute atomic E-state index is 11.5. The van der Waals surface area contributed by atoms with Gasteiger partial charge >= 0.3 is 0 Å². The maximum atomic E-state index is 11.5. The molecule has 0 aromatic carbocycles. The van der Waals surface area contributed by atoms with Crippen LogP contribution < -0.4 is 0 Å². The van der Waals surface area contributed by atoms with Crippen LogP contribution in [0.25, 0.3) is 5.57 Å². The zero-order valence-electron chi connectivity index (χ0n) is 8.23. The van der Waals surface area contributed by atoms with Crippen molar-refractivity contribution >= 4 is 11.4 Å². The third kappa shape index (κ3) is 1.47. The van der Waals surface area contributed by atoms with Crippen LogP contribution in [0.4, 0.5) is 0 Å².